The lowest BCUT2D eigenvalue weighted by atomic mass is 10.3. The molecular formula is C12H13N5O. The number of nitrogens with two attached hydrogens (primary N) is 1. The minimum absolute atomic E-state index is 0.222. The number of nitrogens with one attached hydrogen (secondary N) is 1. The Bertz CT molecular complexity index is 543. The summed E-state index contributed by atoms with van der Waals surface area (Å²) >= 11 is 0. The molecule has 0 fully saturated rings. The molecule has 0 radical (unpaired) electrons. The second kappa shape index (κ2) is 5.24. The van der Waals surface area contributed by atoms with Gasteiger partial charge in [0.15, 0.2) is 0 Å². The fourth-order valence-corrected chi connectivity index (χ4v) is 1.48. The summed E-state index contributed by atoms with van der Waals surface area (Å²) in [5, 5.41) is 0. The molecule has 2 heterocycles. The number of nitrogens with zero attached hydrogens (tertiary/aromatic N) is 3. The molecule has 0 aromatic carbocycles. The zero-order valence-electron chi connectivity index (χ0n) is 9.87. The van der Waals surface area contributed by atoms with Crippen molar-refractivity contribution in [3.05, 3.63) is 48.4 Å². The number of pyridine rings is 2. The number of carbonyl (C=O) groups excluding carboxylic acids is 1. The average Bonchev–Trinajstić information content (AvgIpc) is 2.46. The summed E-state index contributed by atoms with van der Waals surface area (Å²) in [5.41, 5.74) is 3.43. The maximum Gasteiger partial charge on any atom is 0.276 e. The van der Waals surface area contributed by atoms with Gasteiger partial charge in [-0.05, 0) is 24.3 Å². The van der Waals surface area contributed by atoms with Gasteiger partial charge < -0.3 is 10.3 Å². The third-order valence-electron chi connectivity index (χ3n) is 2.45. The number of nitrogen functional groups attached to an aromatic ring is 1. The SMILES string of the molecule is CN(C(=O)c1cccc(NN)n1)c1cccnc1. The largest absolute Gasteiger partial charge is 0.309 e. The molecule has 2 aromatic heterocycles. The topological polar surface area (TPSA) is 84.1 Å². The van der Waals surface area contributed by atoms with Gasteiger partial charge in [-0.2, -0.15) is 0 Å². The first kappa shape index (κ1) is 12.0. The molecule has 2 rings (SSSR count). The highest BCUT2D eigenvalue weighted by Gasteiger charge is 2.15. The number of aromatic nitrogens is 2. The van der Waals surface area contributed by atoms with Crippen LogP contribution in [0.3, 0.4) is 0 Å². The Morgan fingerprint density at radius 2 is 2.17 bits per heavy atom. The smallest absolute Gasteiger partial charge is 0.276 e. The molecule has 92 valence electrons. The van der Waals surface area contributed by atoms with E-state index in [1.165, 1.54) is 4.90 Å². The number of rotatable bonds is 3. The first-order valence-corrected chi connectivity index (χ1v) is 5.34. The maximum atomic E-state index is 12.2. The second-order valence-electron chi connectivity index (χ2n) is 3.63. The third kappa shape index (κ3) is 2.44. The minimum atomic E-state index is -0.222. The predicted molar refractivity (Wildman–Crippen MR) is 69.0 cm³/mol. The van der Waals surface area contributed by atoms with Gasteiger partial charge in [0, 0.05) is 13.2 Å². The van der Waals surface area contributed by atoms with E-state index in [2.05, 4.69) is 15.4 Å². The highest BCUT2D eigenvalue weighted by molar-refractivity contribution is 6.04. The maximum absolute atomic E-state index is 12.2. The van der Waals surface area contributed by atoms with Crippen molar-refractivity contribution in [1.29, 1.82) is 0 Å². The van der Waals surface area contributed by atoms with Crippen LogP contribution in [0.15, 0.2) is 42.7 Å². The van der Waals surface area contributed by atoms with E-state index in [0.717, 1.165) is 0 Å². The molecular weight excluding hydrogens is 230 g/mol. The predicted octanol–water partition coefficient (Wildman–Crippen LogP) is 1.04. The number of amides is 1. The molecule has 1 amide bonds. The third-order valence-corrected chi connectivity index (χ3v) is 2.45. The molecule has 0 aliphatic heterocycles. The molecule has 0 saturated heterocycles. The van der Waals surface area contributed by atoms with Crippen molar-refractivity contribution in [3.63, 3.8) is 0 Å². The quantitative estimate of drug-likeness (QED) is 0.621. The summed E-state index contributed by atoms with van der Waals surface area (Å²) < 4.78 is 0. The summed E-state index contributed by atoms with van der Waals surface area (Å²) in [6.45, 7) is 0. The number of anilines is 2. The number of carbonyl (C=O) groups is 1. The van der Waals surface area contributed by atoms with Gasteiger partial charge in [0.1, 0.15) is 11.5 Å². The van der Waals surface area contributed by atoms with Gasteiger partial charge in [0.25, 0.3) is 5.91 Å². The summed E-state index contributed by atoms with van der Waals surface area (Å²) in [6.07, 6.45) is 3.27. The van der Waals surface area contributed by atoms with Crippen molar-refractivity contribution in [3.8, 4) is 0 Å². The van der Waals surface area contributed by atoms with Crippen LogP contribution in [0.1, 0.15) is 10.5 Å². The van der Waals surface area contributed by atoms with Crippen molar-refractivity contribution >= 4 is 17.4 Å². The van der Waals surface area contributed by atoms with E-state index < -0.39 is 0 Å². The van der Waals surface area contributed by atoms with Crippen molar-refractivity contribution in [2.75, 3.05) is 17.4 Å². The van der Waals surface area contributed by atoms with Crippen molar-refractivity contribution in [2.45, 2.75) is 0 Å². The molecule has 0 saturated carbocycles. The highest BCUT2D eigenvalue weighted by Crippen LogP contribution is 2.13. The van der Waals surface area contributed by atoms with Gasteiger partial charge in [-0.15, -0.1) is 0 Å². The lowest BCUT2D eigenvalue weighted by Crippen LogP contribution is -2.27. The summed E-state index contributed by atoms with van der Waals surface area (Å²) in [7, 11) is 1.67. The van der Waals surface area contributed by atoms with Crippen LogP contribution < -0.4 is 16.2 Å². The van der Waals surface area contributed by atoms with E-state index in [1.54, 1.807) is 49.8 Å². The van der Waals surface area contributed by atoms with E-state index >= 15 is 0 Å². The van der Waals surface area contributed by atoms with Crippen LogP contribution in [0.25, 0.3) is 0 Å². The highest BCUT2D eigenvalue weighted by atomic mass is 16.2. The fourth-order valence-electron chi connectivity index (χ4n) is 1.48. The first-order valence-electron chi connectivity index (χ1n) is 5.34. The minimum Gasteiger partial charge on any atom is -0.309 e. The molecule has 6 nitrogen and oxygen atoms in total. The van der Waals surface area contributed by atoms with Crippen molar-refractivity contribution in [2.24, 2.45) is 5.84 Å². The molecule has 0 spiro atoms. The monoisotopic (exact) mass is 243 g/mol. The lowest BCUT2D eigenvalue weighted by molar-refractivity contribution is 0.0988. The molecule has 0 unspecified atom stereocenters. The Balaban J connectivity index is 2.25. The standard InChI is InChI=1S/C12H13N5O/c1-17(9-4-3-7-14-8-9)12(18)10-5-2-6-11(15-10)16-13/h2-8H,13H2,1H3,(H,15,16). The Morgan fingerprint density at radius 1 is 1.33 bits per heavy atom. The Labute approximate surface area is 104 Å². The Hall–Kier alpha value is -2.47. The number of hydrogen-bond acceptors (Lipinski definition) is 5. The van der Waals surface area contributed by atoms with Gasteiger partial charge >= 0.3 is 0 Å². The molecule has 0 aliphatic carbocycles. The fraction of sp³-hybridized carbons (Fsp3) is 0.0833. The summed E-state index contributed by atoms with van der Waals surface area (Å²) in [4.78, 5) is 21.7. The molecule has 0 aliphatic rings. The van der Waals surface area contributed by atoms with E-state index in [0.29, 0.717) is 17.2 Å². The lowest BCUT2D eigenvalue weighted by Gasteiger charge is -2.16. The van der Waals surface area contributed by atoms with Crippen LogP contribution in [0.5, 0.6) is 0 Å². The van der Waals surface area contributed by atoms with Crippen LogP contribution in [-0.2, 0) is 0 Å². The molecule has 3 N–H and O–H groups in total. The van der Waals surface area contributed by atoms with Gasteiger partial charge in [-0.25, -0.2) is 10.8 Å². The molecule has 2 aromatic rings. The van der Waals surface area contributed by atoms with Crippen LogP contribution in [0.2, 0.25) is 0 Å². The van der Waals surface area contributed by atoms with Crippen LogP contribution in [0, 0.1) is 0 Å². The van der Waals surface area contributed by atoms with Gasteiger partial charge in [-0.3, -0.25) is 9.78 Å². The second-order valence-corrected chi connectivity index (χ2v) is 3.63. The molecule has 0 atom stereocenters. The first-order chi connectivity index (χ1) is 8.72. The molecule has 18 heavy (non-hydrogen) atoms. The zero-order valence-corrected chi connectivity index (χ0v) is 9.87. The average molecular weight is 243 g/mol. The normalized spacial score (nSPS) is 9.89. The van der Waals surface area contributed by atoms with Gasteiger partial charge in [-0.1, -0.05) is 6.07 Å². The Kier molecular flexibility index (Phi) is 3.49. The van der Waals surface area contributed by atoms with Gasteiger partial charge in [0.2, 0.25) is 0 Å². The van der Waals surface area contributed by atoms with E-state index in [9.17, 15) is 4.79 Å². The Morgan fingerprint density at radius 3 is 2.83 bits per heavy atom. The van der Waals surface area contributed by atoms with Gasteiger partial charge in [0.05, 0.1) is 11.9 Å². The van der Waals surface area contributed by atoms with Crippen LogP contribution in [-0.4, -0.2) is 22.9 Å². The zero-order chi connectivity index (χ0) is 13.0. The summed E-state index contributed by atoms with van der Waals surface area (Å²) in [6, 6.07) is 8.60. The molecule has 0 bridgehead atoms. The number of hydrogen-bond donors (Lipinski definition) is 2. The van der Waals surface area contributed by atoms with Crippen molar-refractivity contribution < 1.29 is 4.79 Å². The van der Waals surface area contributed by atoms with E-state index in [-0.39, 0.29) is 5.91 Å². The molecule has 6 heteroatoms. The van der Waals surface area contributed by atoms with Crippen LogP contribution in [0.4, 0.5) is 11.5 Å². The number of hydrazine groups is 1. The van der Waals surface area contributed by atoms with Crippen LogP contribution >= 0.6 is 0 Å². The van der Waals surface area contributed by atoms with E-state index in [4.69, 9.17) is 5.84 Å². The van der Waals surface area contributed by atoms with E-state index in [1.807, 2.05) is 0 Å². The summed E-state index contributed by atoms with van der Waals surface area (Å²) in [5.74, 6) is 5.48. The van der Waals surface area contributed by atoms with Crippen molar-refractivity contribution in [1.82, 2.24) is 9.97 Å².